The van der Waals surface area contributed by atoms with Gasteiger partial charge in [0.1, 0.15) is 12.7 Å². The van der Waals surface area contributed by atoms with Gasteiger partial charge in [-0.1, -0.05) is 15.9 Å². The molecule has 0 aromatic carbocycles. The number of halogens is 1. The van der Waals surface area contributed by atoms with Crippen LogP contribution in [0.25, 0.3) is 0 Å². The van der Waals surface area contributed by atoms with Crippen molar-refractivity contribution >= 4 is 39.8 Å². The number of hydrogen-bond acceptors (Lipinski definition) is 9. The van der Waals surface area contributed by atoms with Crippen LogP contribution >= 0.6 is 15.9 Å². The number of carbonyl (C=O) groups is 4. The molecule has 0 saturated carbocycles. The molecule has 1 rings (SSSR count). The lowest BCUT2D eigenvalue weighted by Gasteiger charge is -2.42. The van der Waals surface area contributed by atoms with Crippen molar-refractivity contribution in [2.24, 2.45) is 0 Å². The largest absolute Gasteiger partial charge is 0.463 e. The molecular formula is C14H19BrO9. The third kappa shape index (κ3) is 6.08. The molecule has 0 N–H and O–H groups in total. The van der Waals surface area contributed by atoms with E-state index in [0.29, 0.717) is 0 Å². The molecule has 1 heterocycles. The Labute approximate surface area is 147 Å². The molecule has 0 aromatic heterocycles. The van der Waals surface area contributed by atoms with Crippen molar-refractivity contribution in [3.63, 3.8) is 0 Å². The molecule has 1 saturated heterocycles. The predicted octanol–water partition coefficient (Wildman–Crippen LogP) is 0.464. The van der Waals surface area contributed by atoms with E-state index in [2.05, 4.69) is 15.9 Å². The molecule has 0 aliphatic carbocycles. The Morgan fingerprint density at radius 1 is 0.792 bits per heavy atom. The van der Waals surface area contributed by atoms with E-state index in [4.69, 9.17) is 23.7 Å². The fourth-order valence-corrected chi connectivity index (χ4v) is 2.86. The molecule has 1 aliphatic heterocycles. The summed E-state index contributed by atoms with van der Waals surface area (Å²) >= 11 is 3.18. The Morgan fingerprint density at radius 3 is 1.71 bits per heavy atom. The molecule has 0 bridgehead atoms. The molecule has 10 heteroatoms. The fraction of sp³-hybridized carbons (Fsp3) is 0.714. The normalized spacial score (nSPS) is 29.3. The van der Waals surface area contributed by atoms with Crippen LogP contribution in [0, 0.1) is 0 Å². The van der Waals surface area contributed by atoms with Crippen molar-refractivity contribution in [1.82, 2.24) is 0 Å². The lowest BCUT2D eigenvalue weighted by Crippen LogP contribution is -2.60. The first kappa shape index (κ1) is 20.4. The number of esters is 4. The third-order valence-corrected chi connectivity index (χ3v) is 3.67. The molecule has 0 spiro atoms. The van der Waals surface area contributed by atoms with Crippen molar-refractivity contribution in [3.8, 4) is 0 Å². The highest BCUT2D eigenvalue weighted by Gasteiger charge is 2.51. The molecule has 5 atom stereocenters. The van der Waals surface area contributed by atoms with Gasteiger partial charge in [0.2, 0.25) is 0 Å². The second-order valence-electron chi connectivity index (χ2n) is 5.05. The number of rotatable bonds is 5. The summed E-state index contributed by atoms with van der Waals surface area (Å²) in [5.41, 5.74) is 0. The Balaban J connectivity index is 3.11. The van der Waals surface area contributed by atoms with Gasteiger partial charge in [0.05, 0.1) is 0 Å². The fourth-order valence-electron chi connectivity index (χ4n) is 2.18. The monoisotopic (exact) mass is 410 g/mol. The van der Waals surface area contributed by atoms with Crippen LogP contribution in [0.4, 0.5) is 0 Å². The highest BCUT2D eigenvalue weighted by molar-refractivity contribution is 9.09. The molecule has 0 aromatic rings. The SMILES string of the molecule is CC(=O)OCC1OC(Br)C(OC(C)=O)[C@@H](OC(C)=O)[C@H]1OC(C)=O. The van der Waals surface area contributed by atoms with Gasteiger partial charge in [-0.3, -0.25) is 19.2 Å². The van der Waals surface area contributed by atoms with Crippen LogP contribution in [-0.4, -0.2) is 59.9 Å². The molecule has 1 aliphatic rings. The topological polar surface area (TPSA) is 114 Å². The number of hydrogen-bond donors (Lipinski definition) is 0. The molecular weight excluding hydrogens is 392 g/mol. The van der Waals surface area contributed by atoms with Crippen LogP contribution in [0.15, 0.2) is 0 Å². The van der Waals surface area contributed by atoms with E-state index in [0.717, 1.165) is 13.8 Å². The first-order valence-corrected chi connectivity index (χ1v) is 7.98. The molecule has 1 fully saturated rings. The van der Waals surface area contributed by atoms with E-state index in [9.17, 15) is 19.2 Å². The van der Waals surface area contributed by atoms with Gasteiger partial charge in [0.15, 0.2) is 23.3 Å². The zero-order valence-corrected chi connectivity index (χ0v) is 15.2. The molecule has 9 nitrogen and oxygen atoms in total. The number of carbonyl (C=O) groups excluding carboxylic acids is 4. The van der Waals surface area contributed by atoms with E-state index >= 15 is 0 Å². The van der Waals surface area contributed by atoms with Gasteiger partial charge in [0, 0.05) is 27.7 Å². The summed E-state index contributed by atoms with van der Waals surface area (Å²) in [6.07, 6.45) is -4.22. The Bertz CT molecular complexity index is 506. The number of alkyl halides is 1. The van der Waals surface area contributed by atoms with Crippen molar-refractivity contribution < 1.29 is 42.9 Å². The Morgan fingerprint density at radius 2 is 1.25 bits per heavy atom. The second-order valence-corrected chi connectivity index (χ2v) is 5.95. The summed E-state index contributed by atoms with van der Waals surface area (Å²) in [6, 6.07) is 0. The molecule has 136 valence electrons. The second kappa shape index (κ2) is 8.97. The van der Waals surface area contributed by atoms with Crippen LogP contribution in [0.2, 0.25) is 0 Å². The summed E-state index contributed by atoms with van der Waals surface area (Å²) in [6.45, 7) is 4.47. The lowest BCUT2D eigenvalue weighted by molar-refractivity contribution is -0.236. The summed E-state index contributed by atoms with van der Waals surface area (Å²) in [5.74, 6) is -2.52. The van der Waals surface area contributed by atoms with E-state index in [-0.39, 0.29) is 6.61 Å². The van der Waals surface area contributed by atoms with Crippen molar-refractivity contribution in [2.75, 3.05) is 6.61 Å². The van der Waals surface area contributed by atoms with E-state index in [1.165, 1.54) is 13.8 Å². The summed E-state index contributed by atoms with van der Waals surface area (Å²) < 4.78 is 25.9. The average Bonchev–Trinajstić information content (AvgIpc) is 2.42. The van der Waals surface area contributed by atoms with E-state index in [1.54, 1.807) is 0 Å². The molecule has 24 heavy (non-hydrogen) atoms. The maximum atomic E-state index is 11.4. The van der Waals surface area contributed by atoms with Crippen LogP contribution < -0.4 is 0 Å². The standard InChI is InChI=1S/C14H19BrO9/c1-6(16)20-5-10-11(21-7(2)17)12(22-8(3)18)13(14(15)24-10)23-9(4)19/h10-14H,5H2,1-4H3/t10?,11-,12-,13?,14?/m0/s1. The summed E-state index contributed by atoms with van der Waals surface area (Å²) in [4.78, 5) is 45.1. The third-order valence-electron chi connectivity index (χ3n) is 2.93. The predicted molar refractivity (Wildman–Crippen MR) is 80.9 cm³/mol. The average molecular weight is 411 g/mol. The van der Waals surface area contributed by atoms with Gasteiger partial charge in [-0.05, 0) is 0 Å². The zero-order valence-electron chi connectivity index (χ0n) is 13.6. The van der Waals surface area contributed by atoms with Gasteiger partial charge in [-0.25, -0.2) is 0 Å². The molecule has 3 unspecified atom stereocenters. The number of ether oxygens (including phenoxy) is 5. The van der Waals surface area contributed by atoms with Crippen molar-refractivity contribution in [2.45, 2.75) is 57.1 Å². The first-order chi connectivity index (χ1) is 11.1. The van der Waals surface area contributed by atoms with Gasteiger partial charge in [-0.15, -0.1) is 0 Å². The lowest BCUT2D eigenvalue weighted by atomic mass is 9.99. The minimum atomic E-state index is -1.13. The maximum Gasteiger partial charge on any atom is 0.303 e. The van der Waals surface area contributed by atoms with Gasteiger partial charge >= 0.3 is 23.9 Å². The Hall–Kier alpha value is -1.68. The smallest absolute Gasteiger partial charge is 0.303 e. The first-order valence-electron chi connectivity index (χ1n) is 7.06. The van der Waals surface area contributed by atoms with Crippen LogP contribution in [0.3, 0.4) is 0 Å². The Kier molecular flexibility index (Phi) is 7.61. The van der Waals surface area contributed by atoms with Crippen LogP contribution in [0.5, 0.6) is 0 Å². The summed E-state index contributed by atoms with van der Waals surface area (Å²) in [5, 5.41) is -0.863. The highest BCUT2D eigenvalue weighted by atomic mass is 79.9. The highest BCUT2D eigenvalue weighted by Crippen LogP contribution is 2.31. The van der Waals surface area contributed by atoms with Crippen LogP contribution in [0.1, 0.15) is 27.7 Å². The van der Waals surface area contributed by atoms with Gasteiger partial charge in [-0.2, -0.15) is 0 Å². The quantitative estimate of drug-likeness (QED) is 0.362. The molecule has 0 amide bonds. The molecule has 0 radical (unpaired) electrons. The van der Waals surface area contributed by atoms with Crippen molar-refractivity contribution in [3.05, 3.63) is 0 Å². The maximum absolute atomic E-state index is 11.4. The van der Waals surface area contributed by atoms with E-state index < -0.39 is 53.3 Å². The summed E-state index contributed by atoms with van der Waals surface area (Å²) in [7, 11) is 0. The van der Waals surface area contributed by atoms with Crippen molar-refractivity contribution in [1.29, 1.82) is 0 Å². The van der Waals surface area contributed by atoms with Gasteiger partial charge in [0.25, 0.3) is 0 Å². The van der Waals surface area contributed by atoms with Crippen LogP contribution in [-0.2, 0) is 42.9 Å². The van der Waals surface area contributed by atoms with Gasteiger partial charge < -0.3 is 23.7 Å². The minimum absolute atomic E-state index is 0.236. The van der Waals surface area contributed by atoms with E-state index in [1.807, 2.05) is 0 Å². The zero-order chi connectivity index (χ0) is 18.4. The minimum Gasteiger partial charge on any atom is -0.463 e.